The third-order valence-corrected chi connectivity index (χ3v) is 2.86. The molecule has 0 saturated heterocycles. The van der Waals surface area contributed by atoms with Gasteiger partial charge in [0.05, 0.1) is 23.7 Å². The smallest absolute Gasteiger partial charge is 0.169 e. The number of anilines is 3. The highest BCUT2D eigenvalue weighted by Gasteiger charge is 2.16. The van der Waals surface area contributed by atoms with Crippen LogP contribution in [0.25, 0.3) is 0 Å². The number of halogens is 2. The molecule has 1 rings (SSSR count). The van der Waals surface area contributed by atoms with Gasteiger partial charge in [-0.15, -0.1) is 0 Å². The molecule has 1 aromatic carbocycles. The van der Waals surface area contributed by atoms with Gasteiger partial charge in [-0.1, -0.05) is 18.5 Å². The number of rotatable bonds is 5. The average Bonchev–Trinajstić information content (AvgIpc) is 2.30. The first-order chi connectivity index (χ1) is 8.01. The van der Waals surface area contributed by atoms with Crippen molar-refractivity contribution in [2.24, 2.45) is 0 Å². The Morgan fingerprint density at radius 3 is 2.65 bits per heavy atom. The summed E-state index contributed by atoms with van der Waals surface area (Å²) in [5.41, 5.74) is 11.8. The normalized spacial score (nSPS) is 12.5. The van der Waals surface area contributed by atoms with Crippen LogP contribution in [0, 0.1) is 5.82 Å². The molecule has 0 saturated carbocycles. The highest BCUT2D eigenvalue weighted by atomic mass is 35.5. The monoisotopic (exact) mass is 261 g/mol. The Balaban J connectivity index is 3.01. The van der Waals surface area contributed by atoms with Crippen LogP contribution < -0.4 is 16.8 Å². The van der Waals surface area contributed by atoms with Crippen LogP contribution >= 0.6 is 11.6 Å². The molecule has 0 aliphatic rings. The lowest BCUT2D eigenvalue weighted by Crippen LogP contribution is -2.25. The van der Waals surface area contributed by atoms with Crippen LogP contribution in [0.2, 0.25) is 5.02 Å². The van der Waals surface area contributed by atoms with Gasteiger partial charge in [-0.3, -0.25) is 0 Å². The summed E-state index contributed by atoms with van der Waals surface area (Å²) in [5, 5.41) is 2.85. The third kappa shape index (κ3) is 3.14. The zero-order valence-electron chi connectivity index (χ0n) is 9.89. The largest absolute Gasteiger partial charge is 0.397 e. The minimum Gasteiger partial charge on any atom is -0.397 e. The summed E-state index contributed by atoms with van der Waals surface area (Å²) in [4.78, 5) is 0. The Morgan fingerprint density at radius 2 is 2.12 bits per heavy atom. The van der Waals surface area contributed by atoms with E-state index in [1.807, 2.05) is 6.92 Å². The molecule has 0 amide bonds. The highest BCUT2D eigenvalue weighted by Crippen LogP contribution is 2.34. The number of nitrogen functional groups attached to an aromatic ring is 2. The first-order valence-corrected chi connectivity index (χ1v) is 5.67. The van der Waals surface area contributed by atoms with E-state index in [0.717, 1.165) is 6.42 Å². The van der Waals surface area contributed by atoms with Gasteiger partial charge >= 0.3 is 0 Å². The Morgan fingerprint density at radius 1 is 1.47 bits per heavy atom. The maximum absolute atomic E-state index is 13.9. The molecule has 1 unspecified atom stereocenters. The molecule has 0 heterocycles. The summed E-state index contributed by atoms with van der Waals surface area (Å²) in [6, 6.07) is 1.41. The summed E-state index contributed by atoms with van der Waals surface area (Å²) in [7, 11) is 1.58. The predicted molar refractivity (Wildman–Crippen MR) is 69.8 cm³/mol. The van der Waals surface area contributed by atoms with Crippen molar-refractivity contribution in [1.82, 2.24) is 0 Å². The van der Waals surface area contributed by atoms with Crippen molar-refractivity contribution < 1.29 is 9.13 Å². The Bertz CT molecular complexity index is 401. The number of nitrogens with two attached hydrogens (primary N) is 2. The fourth-order valence-electron chi connectivity index (χ4n) is 1.48. The van der Waals surface area contributed by atoms with Gasteiger partial charge in [0.15, 0.2) is 5.82 Å². The van der Waals surface area contributed by atoms with Crippen LogP contribution in [0.1, 0.15) is 13.3 Å². The topological polar surface area (TPSA) is 73.3 Å². The van der Waals surface area contributed by atoms with Crippen LogP contribution in [0.15, 0.2) is 6.07 Å². The van der Waals surface area contributed by atoms with E-state index < -0.39 is 5.82 Å². The zero-order valence-corrected chi connectivity index (χ0v) is 10.6. The summed E-state index contributed by atoms with van der Waals surface area (Å²) in [6.07, 6.45) is 0.773. The molecule has 0 aliphatic heterocycles. The van der Waals surface area contributed by atoms with Gasteiger partial charge in [0.2, 0.25) is 0 Å². The molecule has 17 heavy (non-hydrogen) atoms. The molecule has 0 radical (unpaired) electrons. The number of ether oxygens (including phenoxy) is 1. The van der Waals surface area contributed by atoms with Gasteiger partial charge in [-0.25, -0.2) is 4.39 Å². The van der Waals surface area contributed by atoms with E-state index in [2.05, 4.69) is 5.32 Å². The lowest BCUT2D eigenvalue weighted by atomic mass is 10.2. The van der Waals surface area contributed by atoms with Crippen LogP contribution in [-0.2, 0) is 4.74 Å². The van der Waals surface area contributed by atoms with Gasteiger partial charge in [-0.2, -0.15) is 0 Å². The van der Waals surface area contributed by atoms with Crippen molar-refractivity contribution in [3.8, 4) is 0 Å². The van der Waals surface area contributed by atoms with Crippen molar-refractivity contribution in [2.75, 3.05) is 30.5 Å². The van der Waals surface area contributed by atoms with Crippen molar-refractivity contribution in [3.05, 3.63) is 16.9 Å². The lowest BCUT2D eigenvalue weighted by Gasteiger charge is -2.20. The molecule has 6 heteroatoms. The van der Waals surface area contributed by atoms with Crippen LogP contribution in [0.3, 0.4) is 0 Å². The maximum atomic E-state index is 13.9. The van der Waals surface area contributed by atoms with Crippen LogP contribution in [0.5, 0.6) is 0 Å². The van der Waals surface area contributed by atoms with Crippen molar-refractivity contribution in [2.45, 2.75) is 19.4 Å². The highest BCUT2D eigenvalue weighted by molar-refractivity contribution is 6.33. The number of nitrogens with one attached hydrogen (secondary N) is 1. The van der Waals surface area contributed by atoms with Gasteiger partial charge in [0, 0.05) is 13.2 Å². The third-order valence-electron chi connectivity index (χ3n) is 2.47. The van der Waals surface area contributed by atoms with E-state index in [0.29, 0.717) is 6.61 Å². The standard InChI is InChI=1S/C11H17ClFN3O/c1-3-6(5-17-2)16-11-8(15)4-7(14)9(12)10(11)13/h4,6,16H,3,5,14-15H2,1-2H3. The fraction of sp³-hybridized carbons (Fsp3) is 0.455. The minimum absolute atomic E-state index is 0.0310. The first-order valence-electron chi connectivity index (χ1n) is 5.29. The zero-order chi connectivity index (χ0) is 13.0. The maximum Gasteiger partial charge on any atom is 0.169 e. The molecule has 0 spiro atoms. The van der Waals surface area contributed by atoms with Crippen molar-refractivity contribution >= 4 is 28.7 Å². The molecule has 5 N–H and O–H groups in total. The molecular formula is C11H17ClFN3O. The number of hydrogen-bond acceptors (Lipinski definition) is 4. The molecular weight excluding hydrogens is 245 g/mol. The summed E-state index contributed by atoms with van der Waals surface area (Å²) in [6.45, 7) is 2.42. The van der Waals surface area contributed by atoms with Gasteiger partial charge in [0.1, 0.15) is 5.02 Å². The second-order valence-electron chi connectivity index (χ2n) is 3.76. The molecule has 1 aromatic rings. The van der Waals surface area contributed by atoms with Gasteiger partial charge in [0.25, 0.3) is 0 Å². The fourth-order valence-corrected chi connectivity index (χ4v) is 1.63. The molecule has 1 atom stereocenters. The summed E-state index contributed by atoms with van der Waals surface area (Å²) in [5.74, 6) is -0.626. The minimum atomic E-state index is -0.626. The molecule has 0 bridgehead atoms. The number of benzene rings is 1. The van der Waals surface area contributed by atoms with E-state index >= 15 is 0 Å². The predicted octanol–water partition coefficient (Wildman–Crippen LogP) is 2.48. The quantitative estimate of drug-likeness (QED) is 0.712. The average molecular weight is 262 g/mol. The van der Waals surface area contributed by atoms with Gasteiger partial charge in [-0.05, 0) is 12.5 Å². The van der Waals surface area contributed by atoms with Crippen LogP contribution in [0.4, 0.5) is 21.5 Å². The van der Waals surface area contributed by atoms with Crippen LogP contribution in [-0.4, -0.2) is 19.8 Å². The second kappa shape index (κ2) is 5.93. The van der Waals surface area contributed by atoms with E-state index in [9.17, 15) is 4.39 Å². The van der Waals surface area contributed by atoms with E-state index in [1.54, 1.807) is 7.11 Å². The SMILES string of the molecule is CCC(COC)Nc1c(N)cc(N)c(Cl)c1F. The van der Waals surface area contributed by atoms with E-state index in [-0.39, 0.29) is 28.1 Å². The lowest BCUT2D eigenvalue weighted by molar-refractivity contribution is 0.184. The summed E-state index contributed by atoms with van der Waals surface area (Å²) >= 11 is 5.73. The van der Waals surface area contributed by atoms with E-state index in [4.69, 9.17) is 27.8 Å². The Hall–Kier alpha value is -1.20. The Labute approximate surface area is 105 Å². The molecule has 96 valence electrons. The van der Waals surface area contributed by atoms with E-state index in [1.165, 1.54) is 6.07 Å². The van der Waals surface area contributed by atoms with Crippen molar-refractivity contribution in [1.29, 1.82) is 0 Å². The number of methoxy groups -OCH3 is 1. The number of hydrogen-bond donors (Lipinski definition) is 3. The Kier molecular flexibility index (Phi) is 4.84. The summed E-state index contributed by atoms with van der Waals surface area (Å²) < 4.78 is 18.9. The molecule has 0 aromatic heterocycles. The van der Waals surface area contributed by atoms with Crippen molar-refractivity contribution in [3.63, 3.8) is 0 Å². The molecule has 4 nitrogen and oxygen atoms in total. The molecule has 0 fully saturated rings. The second-order valence-corrected chi connectivity index (χ2v) is 4.14. The molecule has 0 aliphatic carbocycles. The van der Waals surface area contributed by atoms with Gasteiger partial charge < -0.3 is 21.5 Å². The first kappa shape index (κ1) is 13.9.